The number of benzene rings is 2. The van der Waals surface area contributed by atoms with E-state index in [9.17, 15) is 18.7 Å². The molecule has 4 N–H and O–H groups in total. The first-order valence-corrected chi connectivity index (χ1v) is 11.9. The lowest BCUT2D eigenvalue weighted by atomic mass is 10.0. The lowest BCUT2D eigenvalue weighted by molar-refractivity contribution is 0.0342. The third kappa shape index (κ3) is 5.79. The normalized spacial score (nSPS) is 15.3. The van der Waals surface area contributed by atoms with Crippen LogP contribution in [0.4, 0.5) is 19.5 Å². The summed E-state index contributed by atoms with van der Waals surface area (Å²) in [6, 6.07) is 11.6. The summed E-state index contributed by atoms with van der Waals surface area (Å²) in [4.78, 5) is 14.6. The summed E-state index contributed by atoms with van der Waals surface area (Å²) in [5, 5.41) is 13.1. The van der Waals surface area contributed by atoms with Gasteiger partial charge in [0.1, 0.15) is 16.6 Å². The van der Waals surface area contributed by atoms with Crippen molar-refractivity contribution in [3.63, 3.8) is 0 Å². The quantitative estimate of drug-likeness (QED) is 0.441. The van der Waals surface area contributed by atoms with Crippen molar-refractivity contribution in [2.45, 2.75) is 26.0 Å². The second kappa shape index (κ2) is 10.6. The van der Waals surface area contributed by atoms with Crippen LogP contribution >= 0.6 is 11.3 Å². The number of primary amides is 1. The maximum Gasteiger partial charge on any atom is 0.251 e. The van der Waals surface area contributed by atoms with Crippen molar-refractivity contribution >= 4 is 27.9 Å². The van der Waals surface area contributed by atoms with Gasteiger partial charge in [-0.1, -0.05) is 12.1 Å². The van der Waals surface area contributed by atoms with E-state index >= 15 is 0 Å². The van der Waals surface area contributed by atoms with Gasteiger partial charge in [0.15, 0.2) is 0 Å². The van der Waals surface area contributed by atoms with Gasteiger partial charge in [-0.05, 0) is 54.8 Å². The number of aliphatic hydroxyl groups excluding tert-OH is 1. The Kier molecular flexibility index (Phi) is 7.57. The summed E-state index contributed by atoms with van der Waals surface area (Å²) in [5.74, 6) is -2.21. The number of nitrogens with two attached hydrogens (primary N) is 1. The minimum absolute atomic E-state index is 0.138. The van der Waals surface area contributed by atoms with E-state index in [-0.39, 0.29) is 22.4 Å². The summed E-state index contributed by atoms with van der Waals surface area (Å²) < 4.78 is 35.0. The Morgan fingerprint density at radius 1 is 1.15 bits per heavy atom. The highest BCUT2D eigenvalue weighted by Crippen LogP contribution is 2.39. The number of aliphatic hydroxyl groups is 1. The Morgan fingerprint density at radius 2 is 1.79 bits per heavy atom. The average Bonchev–Trinajstić information content (AvgIpc) is 3.18. The number of hydrogen-bond acceptors (Lipinski definition) is 6. The molecule has 0 aliphatic carbocycles. The molecule has 3 aromatic rings. The Labute approximate surface area is 201 Å². The van der Waals surface area contributed by atoms with Gasteiger partial charge in [-0.15, -0.1) is 11.3 Å². The molecule has 180 valence electrons. The summed E-state index contributed by atoms with van der Waals surface area (Å²) in [7, 11) is 0. The van der Waals surface area contributed by atoms with Gasteiger partial charge < -0.3 is 20.9 Å². The van der Waals surface area contributed by atoms with Crippen LogP contribution < -0.4 is 11.1 Å². The number of anilines is 2. The average molecular weight is 488 g/mol. The molecule has 0 saturated carbocycles. The maximum absolute atomic E-state index is 14.8. The molecule has 1 aliphatic heterocycles. The van der Waals surface area contributed by atoms with Gasteiger partial charge in [0.05, 0.1) is 30.4 Å². The fourth-order valence-electron chi connectivity index (χ4n) is 3.95. The smallest absolute Gasteiger partial charge is 0.251 e. The number of rotatable bonds is 8. The van der Waals surface area contributed by atoms with Crippen LogP contribution in [0.25, 0.3) is 10.4 Å². The molecule has 0 spiro atoms. The van der Waals surface area contributed by atoms with Crippen molar-refractivity contribution in [2.24, 2.45) is 5.73 Å². The second-order valence-electron chi connectivity index (χ2n) is 8.42. The van der Waals surface area contributed by atoms with E-state index < -0.39 is 23.6 Å². The molecule has 1 unspecified atom stereocenters. The zero-order valence-corrected chi connectivity index (χ0v) is 19.6. The molecular weight excluding hydrogens is 460 g/mol. The summed E-state index contributed by atoms with van der Waals surface area (Å²) in [6.07, 6.45) is -0.580. The minimum Gasteiger partial charge on any atom is -0.393 e. The van der Waals surface area contributed by atoms with Crippen LogP contribution in [0.1, 0.15) is 28.4 Å². The van der Waals surface area contributed by atoms with Gasteiger partial charge >= 0.3 is 0 Å². The first-order valence-electron chi connectivity index (χ1n) is 11.1. The molecule has 1 atom stereocenters. The largest absolute Gasteiger partial charge is 0.393 e. The molecule has 0 bridgehead atoms. The molecule has 0 radical (unpaired) electrons. The Morgan fingerprint density at radius 3 is 2.38 bits per heavy atom. The van der Waals surface area contributed by atoms with E-state index in [1.54, 1.807) is 6.92 Å². The van der Waals surface area contributed by atoms with Crippen LogP contribution in [0.2, 0.25) is 0 Å². The SMILES string of the molecule is CC(O)Cc1cc(F)c(-c2cc(C(N)=O)c(Nc3ccc(CN4CCOCC4)cc3)s2)c(F)c1. The predicted octanol–water partition coefficient (Wildman–Crippen LogP) is 4.29. The van der Waals surface area contributed by atoms with E-state index in [4.69, 9.17) is 10.5 Å². The van der Waals surface area contributed by atoms with E-state index in [2.05, 4.69) is 10.2 Å². The fraction of sp³-hybridized carbons (Fsp3) is 0.320. The van der Waals surface area contributed by atoms with Crippen molar-refractivity contribution in [1.29, 1.82) is 0 Å². The van der Waals surface area contributed by atoms with Crippen molar-refractivity contribution in [3.05, 3.63) is 70.8 Å². The molecule has 9 heteroatoms. The summed E-state index contributed by atoms with van der Waals surface area (Å²) in [5.41, 5.74) is 7.71. The van der Waals surface area contributed by atoms with Crippen molar-refractivity contribution in [2.75, 3.05) is 31.6 Å². The summed E-state index contributed by atoms with van der Waals surface area (Å²) >= 11 is 1.05. The third-order valence-corrected chi connectivity index (χ3v) is 6.67. The number of ether oxygens (including phenoxy) is 1. The number of thiophene rings is 1. The van der Waals surface area contributed by atoms with Crippen LogP contribution in [0.3, 0.4) is 0 Å². The highest BCUT2D eigenvalue weighted by Gasteiger charge is 2.21. The molecule has 4 rings (SSSR count). The zero-order valence-electron chi connectivity index (χ0n) is 18.8. The first-order chi connectivity index (χ1) is 16.3. The number of hydrogen-bond donors (Lipinski definition) is 3. The molecule has 34 heavy (non-hydrogen) atoms. The highest BCUT2D eigenvalue weighted by atomic mass is 32.1. The monoisotopic (exact) mass is 487 g/mol. The van der Waals surface area contributed by atoms with E-state index in [1.807, 2.05) is 24.3 Å². The molecule has 2 heterocycles. The Hall–Kier alpha value is -2.85. The number of carbonyl (C=O) groups excluding carboxylic acids is 1. The van der Waals surface area contributed by atoms with E-state index in [0.29, 0.717) is 10.6 Å². The standard InChI is InChI=1S/C25H27F2N3O3S/c1-15(31)10-17-11-20(26)23(21(27)12-17)22-13-19(24(28)32)25(34-22)29-18-4-2-16(3-5-18)14-30-6-8-33-9-7-30/h2-5,11-13,15,29,31H,6-10,14H2,1H3,(H2,28,32). The first kappa shape index (κ1) is 24.3. The number of halogens is 2. The Balaban J connectivity index is 1.56. The van der Waals surface area contributed by atoms with Crippen LogP contribution in [0, 0.1) is 11.6 Å². The van der Waals surface area contributed by atoms with Gasteiger partial charge in [-0.3, -0.25) is 9.69 Å². The maximum atomic E-state index is 14.8. The van der Waals surface area contributed by atoms with Gasteiger partial charge in [-0.25, -0.2) is 8.78 Å². The van der Waals surface area contributed by atoms with E-state index in [0.717, 1.165) is 55.4 Å². The molecule has 2 aromatic carbocycles. The lowest BCUT2D eigenvalue weighted by Crippen LogP contribution is -2.35. The second-order valence-corrected chi connectivity index (χ2v) is 9.47. The molecule has 1 fully saturated rings. The van der Waals surface area contributed by atoms with Gasteiger partial charge in [-0.2, -0.15) is 0 Å². The molecule has 1 saturated heterocycles. The van der Waals surface area contributed by atoms with Crippen LogP contribution in [0.15, 0.2) is 42.5 Å². The molecular formula is C25H27F2N3O3S. The summed E-state index contributed by atoms with van der Waals surface area (Å²) in [6.45, 7) is 5.64. The van der Waals surface area contributed by atoms with Crippen LogP contribution in [-0.2, 0) is 17.7 Å². The predicted molar refractivity (Wildman–Crippen MR) is 129 cm³/mol. The van der Waals surface area contributed by atoms with Gasteiger partial charge in [0.2, 0.25) is 0 Å². The van der Waals surface area contributed by atoms with Gasteiger partial charge in [0, 0.05) is 30.2 Å². The highest BCUT2D eigenvalue weighted by molar-refractivity contribution is 7.20. The number of amides is 1. The van der Waals surface area contributed by atoms with Crippen molar-refractivity contribution in [3.8, 4) is 10.4 Å². The number of carbonyl (C=O) groups is 1. The van der Waals surface area contributed by atoms with Crippen molar-refractivity contribution in [1.82, 2.24) is 4.90 Å². The van der Waals surface area contributed by atoms with E-state index in [1.165, 1.54) is 18.2 Å². The minimum atomic E-state index is -0.757. The lowest BCUT2D eigenvalue weighted by Gasteiger charge is -2.26. The van der Waals surface area contributed by atoms with Crippen LogP contribution in [0.5, 0.6) is 0 Å². The molecule has 1 aromatic heterocycles. The zero-order chi connectivity index (χ0) is 24.2. The third-order valence-electron chi connectivity index (χ3n) is 5.60. The molecule has 6 nitrogen and oxygen atoms in total. The number of nitrogens with zero attached hydrogens (tertiary/aromatic N) is 1. The fourth-order valence-corrected chi connectivity index (χ4v) is 5.08. The molecule has 1 amide bonds. The molecule has 1 aliphatic rings. The number of nitrogens with one attached hydrogen (secondary N) is 1. The van der Waals surface area contributed by atoms with Crippen molar-refractivity contribution < 1.29 is 23.4 Å². The van der Waals surface area contributed by atoms with Gasteiger partial charge in [0.25, 0.3) is 5.91 Å². The Bertz CT molecular complexity index is 1140. The van der Waals surface area contributed by atoms with Crippen LogP contribution in [-0.4, -0.2) is 48.3 Å². The number of morpholine rings is 1. The topological polar surface area (TPSA) is 87.8 Å².